The van der Waals surface area contributed by atoms with Gasteiger partial charge < -0.3 is 4.74 Å². The molecule has 1 amide bonds. The first-order chi connectivity index (χ1) is 14.3. The summed E-state index contributed by atoms with van der Waals surface area (Å²) in [6.07, 6.45) is 1.92. The van der Waals surface area contributed by atoms with Crippen molar-refractivity contribution >= 4 is 52.1 Å². The van der Waals surface area contributed by atoms with E-state index in [4.69, 9.17) is 27.9 Å². The molecule has 30 heavy (non-hydrogen) atoms. The molecule has 0 unspecified atom stereocenters. The first-order valence-electron chi connectivity index (χ1n) is 9.77. The van der Waals surface area contributed by atoms with E-state index in [1.807, 2.05) is 52.0 Å². The molecule has 0 N–H and O–H groups in total. The summed E-state index contributed by atoms with van der Waals surface area (Å²) in [6.45, 7) is 9.55. The molecule has 2 aromatic rings. The molecule has 0 saturated carbocycles. The fourth-order valence-corrected chi connectivity index (χ4v) is 4.84. The molecule has 1 aliphatic heterocycles. The van der Waals surface area contributed by atoms with E-state index in [0.717, 1.165) is 33.2 Å². The van der Waals surface area contributed by atoms with Gasteiger partial charge in [-0.05, 0) is 86.5 Å². The molecule has 0 aromatic heterocycles. The summed E-state index contributed by atoms with van der Waals surface area (Å²) < 4.78 is 6.06. The Morgan fingerprint density at radius 1 is 1.13 bits per heavy atom. The number of hydrogen-bond donors (Lipinski definition) is 0. The van der Waals surface area contributed by atoms with Gasteiger partial charge in [0.25, 0.3) is 5.91 Å². The van der Waals surface area contributed by atoms with Crippen LogP contribution in [0.3, 0.4) is 0 Å². The lowest BCUT2D eigenvalue weighted by Crippen LogP contribution is -2.28. The third kappa shape index (κ3) is 5.02. The Labute approximate surface area is 191 Å². The third-order valence-corrected chi connectivity index (χ3v) is 6.30. The van der Waals surface area contributed by atoms with Crippen molar-refractivity contribution in [2.75, 3.05) is 13.1 Å². The predicted octanol–water partition coefficient (Wildman–Crippen LogP) is 6.50. The van der Waals surface area contributed by atoms with Gasteiger partial charge in [0, 0.05) is 28.7 Å². The summed E-state index contributed by atoms with van der Waals surface area (Å²) in [5.74, 6) is 0.819. The smallest absolute Gasteiger partial charge is 0.266 e. The van der Waals surface area contributed by atoms with E-state index >= 15 is 0 Å². The number of hydrogen-bond acceptors (Lipinski definition) is 4. The maximum absolute atomic E-state index is 12.7. The largest absolute Gasteiger partial charge is 0.488 e. The van der Waals surface area contributed by atoms with Gasteiger partial charge in [-0.25, -0.2) is 0 Å². The predicted molar refractivity (Wildman–Crippen MR) is 128 cm³/mol. The number of carbonyl (C=O) groups excluding carboxylic acids is 1. The fourth-order valence-electron chi connectivity index (χ4n) is 3.27. The number of aliphatic imine (C=N–C) groups is 1. The molecule has 1 saturated heterocycles. The second-order valence-electron chi connectivity index (χ2n) is 6.93. The van der Waals surface area contributed by atoms with Crippen LogP contribution < -0.4 is 4.74 Å². The number of ether oxygens (including phenoxy) is 1. The Kier molecular flexibility index (Phi) is 7.50. The van der Waals surface area contributed by atoms with E-state index in [2.05, 4.69) is 4.99 Å². The van der Waals surface area contributed by atoms with Crippen LogP contribution in [0, 0.1) is 13.8 Å². The second-order valence-corrected chi connectivity index (χ2v) is 8.78. The molecule has 3 rings (SSSR count). The number of thioether (sulfide) groups is 1. The van der Waals surface area contributed by atoms with Crippen molar-refractivity contribution in [1.29, 1.82) is 0 Å². The molecular weight excluding hydrogens is 439 g/mol. The minimum absolute atomic E-state index is 0.00251. The summed E-state index contributed by atoms with van der Waals surface area (Å²) in [4.78, 5) is 19.5. The molecule has 1 fully saturated rings. The highest BCUT2D eigenvalue weighted by Gasteiger charge is 2.31. The number of aryl methyl sites for hydroxylation is 2. The number of amidine groups is 1. The van der Waals surface area contributed by atoms with E-state index in [0.29, 0.717) is 34.6 Å². The van der Waals surface area contributed by atoms with E-state index in [1.165, 1.54) is 11.8 Å². The standard InChI is InChI=1S/C23H24Cl2N2O2S/c1-5-26-23-27(6-2)22(28)20(30-23)11-16-9-14(3)21(15(4)10-16)29-13-17-7-8-18(24)12-19(17)25/h7-12H,5-6,13H2,1-4H3/b20-11-,26-23?. The van der Waals surface area contributed by atoms with Gasteiger partial charge in [0.05, 0.1) is 4.91 Å². The Morgan fingerprint density at radius 3 is 2.43 bits per heavy atom. The minimum Gasteiger partial charge on any atom is -0.488 e. The van der Waals surface area contributed by atoms with Crippen molar-refractivity contribution in [3.8, 4) is 5.75 Å². The van der Waals surface area contributed by atoms with Crippen molar-refractivity contribution in [3.63, 3.8) is 0 Å². The van der Waals surface area contributed by atoms with Crippen molar-refractivity contribution in [1.82, 2.24) is 4.90 Å². The van der Waals surface area contributed by atoms with E-state index < -0.39 is 0 Å². The summed E-state index contributed by atoms with van der Waals surface area (Å²) in [5.41, 5.74) is 3.84. The van der Waals surface area contributed by atoms with E-state index in [9.17, 15) is 4.79 Å². The molecule has 2 aromatic carbocycles. The van der Waals surface area contributed by atoms with Crippen molar-refractivity contribution < 1.29 is 9.53 Å². The number of carbonyl (C=O) groups is 1. The van der Waals surface area contributed by atoms with Crippen LogP contribution in [0.25, 0.3) is 6.08 Å². The maximum Gasteiger partial charge on any atom is 0.266 e. The van der Waals surface area contributed by atoms with E-state index in [1.54, 1.807) is 17.0 Å². The Morgan fingerprint density at radius 2 is 1.83 bits per heavy atom. The molecule has 0 spiro atoms. The van der Waals surface area contributed by atoms with Crippen molar-refractivity contribution in [2.45, 2.75) is 34.3 Å². The van der Waals surface area contributed by atoms with Gasteiger partial charge in [0.1, 0.15) is 12.4 Å². The average molecular weight is 463 g/mol. The Balaban J connectivity index is 1.81. The van der Waals surface area contributed by atoms with Gasteiger partial charge in [-0.3, -0.25) is 14.7 Å². The topological polar surface area (TPSA) is 41.9 Å². The number of benzene rings is 2. The zero-order valence-corrected chi connectivity index (χ0v) is 19.8. The van der Waals surface area contributed by atoms with Crippen LogP contribution in [0.1, 0.15) is 36.1 Å². The molecule has 1 heterocycles. The number of amides is 1. The van der Waals surface area contributed by atoms with Crippen LogP contribution in [-0.2, 0) is 11.4 Å². The van der Waals surface area contributed by atoms with Crippen LogP contribution in [-0.4, -0.2) is 29.1 Å². The third-order valence-electron chi connectivity index (χ3n) is 4.67. The average Bonchev–Trinajstić information content (AvgIpc) is 2.97. The maximum atomic E-state index is 12.7. The quantitative estimate of drug-likeness (QED) is 0.459. The monoisotopic (exact) mass is 462 g/mol. The minimum atomic E-state index is 0.00251. The van der Waals surface area contributed by atoms with Crippen molar-refractivity contribution in [3.05, 3.63) is 67.5 Å². The van der Waals surface area contributed by atoms with Gasteiger partial charge in [-0.1, -0.05) is 29.3 Å². The molecule has 4 nitrogen and oxygen atoms in total. The summed E-state index contributed by atoms with van der Waals surface area (Å²) in [6, 6.07) is 9.43. The van der Waals surface area contributed by atoms with Crippen LogP contribution in [0.5, 0.6) is 5.75 Å². The highest BCUT2D eigenvalue weighted by Crippen LogP contribution is 2.34. The van der Waals surface area contributed by atoms with E-state index in [-0.39, 0.29) is 5.91 Å². The van der Waals surface area contributed by atoms with Gasteiger partial charge >= 0.3 is 0 Å². The highest BCUT2D eigenvalue weighted by atomic mass is 35.5. The summed E-state index contributed by atoms with van der Waals surface area (Å²) in [5, 5.41) is 1.95. The second kappa shape index (κ2) is 9.90. The summed E-state index contributed by atoms with van der Waals surface area (Å²) >= 11 is 13.6. The Hall–Kier alpha value is -1.95. The van der Waals surface area contributed by atoms with Crippen molar-refractivity contribution in [2.24, 2.45) is 4.99 Å². The first-order valence-corrected chi connectivity index (χ1v) is 11.3. The Bertz CT molecular complexity index is 1010. The zero-order chi connectivity index (χ0) is 21.8. The molecule has 7 heteroatoms. The zero-order valence-electron chi connectivity index (χ0n) is 17.5. The normalized spacial score (nSPS) is 16.7. The lowest BCUT2D eigenvalue weighted by atomic mass is 10.0. The molecule has 0 radical (unpaired) electrons. The number of likely N-dealkylation sites (N-methyl/N-ethyl adjacent to an activating group) is 1. The lowest BCUT2D eigenvalue weighted by molar-refractivity contribution is -0.122. The summed E-state index contributed by atoms with van der Waals surface area (Å²) in [7, 11) is 0. The SMILES string of the molecule is CCN=C1S/C(=C\c2cc(C)c(OCc3ccc(Cl)cc3Cl)c(C)c2)C(=O)N1CC. The number of rotatable bonds is 6. The molecule has 158 valence electrons. The van der Waals surface area contributed by atoms with Crippen LogP contribution in [0.2, 0.25) is 10.0 Å². The molecule has 1 aliphatic rings. The van der Waals surface area contributed by atoms with Gasteiger partial charge in [-0.2, -0.15) is 0 Å². The number of halogens is 2. The van der Waals surface area contributed by atoms with Crippen LogP contribution >= 0.6 is 35.0 Å². The highest BCUT2D eigenvalue weighted by molar-refractivity contribution is 8.18. The lowest BCUT2D eigenvalue weighted by Gasteiger charge is -2.14. The van der Waals surface area contributed by atoms with Gasteiger partial charge in [0.2, 0.25) is 0 Å². The molecular formula is C23H24Cl2N2O2S. The van der Waals surface area contributed by atoms with Gasteiger partial charge in [-0.15, -0.1) is 0 Å². The first kappa shape index (κ1) is 22.7. The molecule has 0 bridgehead atoms. The molecule has 0 atom stereocenters. The molecule has 0 aliphatic carbocycles. The number of nitrogens with zero attached hydrogens (tertiary/aromatic N) is 2. The fraction of sp³-hybridized carbons (Fsp3) is 0.304. The van der Waals surface area contributed by atoms with Gasteiger partial charge in [0.15, 0.2) is 5.17 Å². The van der Waals surface area contributed by atoms with Crippen LogP contribution in [0.4, 0.5) is 0 Å². The van der Waals surface area contributed by atoms with Crippen LogP contribution in [0.15, 0.2) is 40.2 Å².